The molecule has 2 aliphatic heterocycles. The molecule has 0 aliphatic carbocycles. The molecule has 0 bridgehead atoms. The molecular formula is C15H15N5O2. The minimum Gasteiger partial charge on any atom is -0.369 e. The third kappa shape index (κ3) is 1.89. The molecule has 0 spiro atoms. The molecule has 4 rings (SSSR count). The fraction of sp³-hybridized carbons (Fsp3) is 0.333. The van der Waals surface area contributed by atoms with Gasteiger partial charge in [0.15, 0.2) is 0 Å². The molecule has 1 amide bonds. The van der Waals surface area contributed by atoms with Crippen LogP contribution in [0.25, 0.3) is 10.9 Å². The van der Waals surface area contributed by atoms with Gasteiger partial charge >= 0.3 is 5.69 Å². The van der Waals surface area contributed by atoms with E-state index in [1.165, 1.54) is 0 Å². The zero-order valence-corrected chi connectivity index (χ0v) is 12.1. The lowest BCUT2D eigenvalue weighted by Crippen LogP contribution is -2.32. The molecule has 0 saturated heterocycles. The first kappa shape index (κ1) is 13.0. The van der Waals surface area contributed by atoms with E-state index in [1.54, 1.807) is 4.57 Å². The van der Waals surface area contributed by atoms with Gasteiger partial charge in [-0.15, -0.1) is 0 Å². The largest absolute Gasteiger partial charge is 0.369 e. The van der Waals surface area contributed by atoms with Gasteiger partial charge in [0, 0.05) is 36.4 Å². The number of hydrogen-bond acceptors (Lipinski definition) is 5. The van der Waals surface area contributed by atoms with Crippen molar-refractivity contribution in [3.63, 3.8) is 0 Å². The van der Waals surface area contributed by atoms with Crippen molar-refractivity contribution in [2.45, 2.75) is 19.9 Å². The number of nitrogens with zero attached hydrogens (tertiary/aromatic N) is 3. The average molecular weight is 297 g/mol. The van der Waals surface area contributed by atoms with Gasteiger partial charge in [0.25, 0.3) is 0 Å². The summed E-state index contributed by atoms with van der Waals surface area (Å²) in [5, 5.41) is 8.31. The second kappa shape index (κ2) is 4.66. The van der Waals surface area contributed by atoms with E-state index in [0.29, 0.717) is 18.5 Å². The van der Waals surface area contributed by atoms with E-state index in [4.69, 9.17) is 0 Å². The van der Waals surface area contributed by atoms with E-state index >= 15 is 0 Å². The number of anilines is 1. The number of fused-ring (bicyclic) bond motifs is 3. The van der Waals surface area contributed by atoms with Crippen LogP contribution in [0.3, 0.4) is 0 Å². The van der Waals surface area contributed by atoms with Gasteiger partial charge in [-0.1, -0.05) is 13.0 Å². The number of nitrogens with one attached hydrogen (secondary N) is 2. The highest BCUT2D eigenvalue weighted by Crippen LogP contribution is 2.25. The van der Waals surface area contributed by atoms with Crippen LogP contribution in [0, 0.1) is 5.92 Å². The van der Waals surface area contributed by atoms with Crippen LogP contribution in [0.1, 0.15) is 18.9 Å². The summed E-state index contributed by atoms with van der Waals surface area (Å²) in [7, 11) is 0. The van der Waals surface area contributed by atoms with E-state index in [9.17, 15) is 9.59 Å². The number of carbonyl (C=O) groups excluding carboxylic acids is 1. The number of hydrazone groups is 1. The maximum Gasteiger partial charge on any atom is 0.349 e. The smallest absolute Gasteiger partial charge is 0.349 e. The van der Waals surface area contributed by atoms with Gasteiger partial charge in [-0.05, 0) is 12.1 Å². The molecule has 1 atom stereocenters. The SMILES string of the molecule is CC1CC(=O)NN=C1c1ccc2c3n(c(=O)nc2c1)CCN3. The van der Waals surface area contributed by atoms with Crippen LogP contribution in [-0.4, -0.2) is 27.7 Å². The van der Waals surface area contributed by atoms with Crippen molar-refractivity contribution in [2.24, 2.45) is 11.0 Å². The van der Waals surface area contributed by atoms with Crippen LogP contribution in [0.2, 0.25) is 0 Å². The lowest BCUT2D eigenvalue weighted by atomic mass is 9.93. The normalized spacial score (nSPS) is 20.3. The Bertz CT molecular complexity index is 883. The van der Waals surface area contributed by atoms with E-state index in [0.717, 1.165) is 29.0 Å². The van der Waals surface area contributed by atoms with Crippen LogP contribution in [-0.2, 0) is 11.3 Å². The zero-order chi connectivity index (χ0) is 15.3. The predicted octanol–water partition coefficient (Wildman–Crippen LogP) is 0.682. The average Bonchev–Trinajstić information content (AvgIpc) is 2.97. The maximum atomic E-state index is 12.0. The van der Waals surface area contributed by atoms with Crippen molar-refractivity contribution in [2.75, 3.05) is 11.9 Å². The molecule has 1 aromatic heterocycles. The van der Waals surface area contributed by atoms with Crippen LogP contribution >= 0.6 is 0 Å². The Kier molecular flexibility index (Phi) is 2.75. The van der Waals surface area contributed by atoms with Gasteiger partial charge in [0.2, 0.25) is 5.91 Å². The molecule has 1 aromatic carbocycles. The Balaban J connectivity index is 1.87. The summed E-state index contributed by atoms with van der Waals surface area (Å²) in [6, 6.07) is 5.78. The summed E-state index contributed by atoms with van der Waals surface area (Å²) in [6.07, 6.45) is 0.415. The summed E-state index contributed by atoms with van der Waals surface area (Å²) >= 11 is 0. The van der Waals surface area contributed by atoms with Crippen molar-refractivity contribution in [1.29, 1.82) is 0 Å². The third-order valence-corrected chi connectivity index (χ3v) is 4.15. The van der Waals surface area contributed by atoms with Gasteiger partial charge in [-0.2, -0.15) is 10.1 Å². The van der Waals surface area contributed by atoms with E-state index in [1.807, 2.05) is 25.1 Å². The molecule has 3 heterocycles. The predicted molar refractivity (Wildman–Crippen MR) is 83.0 cm³/mol. The summed E-state index contributed by atoms with van der Waals surface area (Å²) < 4.78 is 1.66. The lowest BCUT2D eigenvalue weighted by molar-refractivity contribution is -0.121. The molecule has 0 fully saturated rings. The second-order valence-corrected chi connectivity index (χ2v) is 5.69. The minimum absolute atomic E-state index is 0.0415. The van der Waals surface area contributed by atoms with E-state index in [-0.39, 0.29) is 17.5 Å². The Hall–Kier alpha value is -2.70. The quantitative estimate of drug-likeness (QED) is 0.810. The standard InChI is InChI=1S/C15H15N5O2/c1-8-6-12(21)18-19-13(8)9-2-3-10-11(7-9)17-15(22)20-5-4-16-14(10)20/h2-3,7-8,16H,4-6H2,1H3,(H,18,21). The van der Waals surface area contributed by atoms with Crippen LogP contribution in [0.5, 0.6) is 0 Å². The fourth-order valence-corrected chi connectivity index (χ4v) is 3.07. The number of amides is 1. The zero-order valence-electron chi connectivity index (χ0n) is 12.1. The fourth-order valence-electron chi connectivity index (χ4n) is 3.07. The topological polar surface area (TPSA) is 88.4 Å². The molecule has 2 aromatic rings. The molecular weight excluding hydrogens is 282 g/mol. The number of aromatic nitrogens is 2. The van der Waals surface area contributed by atoms with Crippen LogP contribution in [0.15, 0.2) is 28.1 Å². The van der Waals surface area contributed by atoms with Crippen molar-refractivity contribution in [3.05, 3.63) is 34.2 Å². The van der Waals surface area contributed by atoms with Gasteiger partial charge in [-0.3, -0.25) is 9.36 Å². The lowest BCUT2D eigenvalue weighted by Gasteiger charge is -2.19. The van der Waals surface area contributed by atoms with Gasteiger partial charge in [0.05, 0.1) is 11.2 Å². The first-order valence-electron chi connectivity index (χ1n) is 7.29. The van der Waals surface area contributed by atoms with Crippen molar-refractivity contribution in [3.8, 4) is 0 Å². The maximum absolute atomic E-state index is 12.0. The summed E-state index contributed by atoms with van der Waals surface area (Å²) in [6.45, 7) is 3.36. The minimum atomic E-state index is -0.239. The molecule has 0 radical (unpaired) electrons. The Labute approximate surface area is 126 Å². The van der Waals surface area contributed by atoms with Crippen LogP contribution in [0.4, 0.5) is 5.82 Å². The third-order valence-electron chi connectivity index (χ3n) is 4.15. The summed E-state index contributed by atoms with van der Waals surface area (Å²) in [5.41, 5.74) is 4.62. The monoisotopic (exact) mass is 297 g/mol. The van der Waals surface area contributed by atoms with E-state index < -0.39 is 0 Å². The summed E-state index contributed by atoms with van der Waals surface area (Å²) in [4.78, 5) is 27.6. The number of hydrogen-bond donors (Lipinski definition) is 2. The van der Waals surface area contributed by atoms with Gasteiger partial charge < -0.3 is 5.32 Å². The Morgan fingerprint density at radius 2 is 2.18 bits per heavy atom. The molecule has 22 heavy (non-hydrogen) atoms. The van der Waals surface area contributed by atoms with Crippen molar-refractivity contribution < 1.29 is 4.79 Å². The Morgan fingerprint density at radius 1 is 1.32 bits per heavy atom. The highest BCUT2D eigenvalue weighted by molar-refractivity contribution is 6.08. The van der Waals surface area contributed by atoms with Crippen LogP contribution < -0.4 is 16.4 Å². The summed E-state index contributed by atoms with van der Waals surface area (Å²) in [5.74, 6) is 0.795. The first-order valence-corrected chi connectivity index (χ1v) is 7.29. The molecule has 0 saturated carbocycles. The molecule has 1 unspecified atom stereocenters. The highest BCUT2D eigenvalue weighted by atomic mass is 16.2. The van der Waals surface area contributed by atoms with Crippen molar-refractivity contribution in [1.82, 2.24) is 15.0 Å². The second-order valence-electron chi connectivity index (χ2n) is 5.69. The molecule has 7 nitrogen and oxygen atoms in total. The molecule has 112 valence electrons. The first-order chi connectivity index (χ1) is 10.6. The molecule has 2 N–H and O–H groups in total. The van der Waals surface area contributed by atoms with E-state index in [2.05, 4.69) is 20.8 Å². The highest BCUT2D eigenvalue weighted by Gasteiger charge is 2.23. The van der Waals surface area contributed by atoms with Crippen molar-refractivity contribution >= 4 is 28.3 Å². The van der Waals surface area contributed by atoms with Gasteiger partial charge in [-0.25, -0.2) is 10.2 Å². The molecule has 2 aliphatic rings. The number of carbonyl (C=O) groups is 1. The number of benzene rings is 1. The number of rotatable bonds is 1. The Morgan fingerprint density at radius 3 is 3.00 bits per heavy atom. The molecule has 7 heteroatoms. The van der Waals surface area contributed by atoms with Gasteiger partial charge in [0.1, 0.15) is 5.82 Å².